The molecule has 0 unspecified atom stereocenters. The number of aryl methyl sites for hydroxylation is 2. The van der Waals surface area contributed by atoms with Gasteiger partial charge in [0.25, 0.3) is 11.8 Å². The first-order valence-corrected chi connectivity index (χ1v) is 11.6. The molecule has 3 aromatic rings. The van der Waals surface area contributed by atoms with E-state index in [1.165, 1.54) is 36.1 Å². The lowest BCUT2D eigenvalue weighted by molar-refractivity contribution is -0.119. The Balaban J connectivity index is 0.000000439. The van der Waals surface area contributed by atoms with Crippen LogP contribution in [0.15, 0.2) is 103 Å². The molecule has 1 aliphatic heterocycles. The summed E-state index contributed by atoms with van der Waals surface area (Å²) in [5.74, 6) is -0.563. The van der Waals surface area contributed by atoms with Gasteiger partial charge in [0.15, 0.2) is 0 Å². The highest BCUT2D eigenvalue weighted by molar-refractivity contribution is 6.28. The molecular weight excluding hydrogens is 406 g/mol. The lowest BCUT2D eigenvalue weighted by Crippen LogP contribution is -2.29. The summed E-state index contributed by atoms with van der Waals surface area (Å²) in [5.41, 5.74) is 3.26. The van der Waals surface area contributed by atoms with E-state index in [1.807, 2.05) is 42.5 Å². The number of hydrogen-bond donors (Lipinski definition) is 0. The largest absolute Gasteiger partial charge is 0.269 e. The number of imide groups is 1. The molecule has 0 N–H and O–H groups in total. The monoisotopic (exact) mass is 445 g/mol. The fourth-order valence-electron chi connectivity index (χ4n) is 2.30. The number of hydrogen-bond acceptors (Lipinski definition) is 2. The van der Waals surface area contributed by atoms with Crippen molar-refractivity contribution in [3.63, 3.8) is 0 Å². The van der Waals surface area contributed by atoms with E-state index in [4.69, 9.17) is 0 Å². The Hall–Kier alpha value is -3.46. The molecule has 176 valence electrons. The van der Waals surface area contributed by atoms with Crippen molar-refractivity contribution in [3.05, 3.63) is 114 Å². The van der Waals surface area contributed by atoms with Crippen molar-refractivity contribution in [1.82, 2.24) is 0 Å². The van der Waals surface area contributed by atoms with Gasteiger partial charge in [-0.15, -0.1) is 0 Å². The van der Waals surface area contributed by atoms with E-state index in [-0.39, 0.29) is 11.8 Å². The molecule has 1 aliphatic rings. The molecule has 3 nitrogen and oxygen atoms in total. The normalized spacial score (nSPS) is 10.9. The van der Waals surface area contributed by atoms with Gasteiger partial charge in [-0.3, -0.25) is 9.59 Å². The average Bonchev–Trinajstić information content (AvgIpc) is 3.15. The van der Waals surface area contributed by atoms with Gasteiger partial charge in [-0.2, -0.15) is 0 Å². The van der Waals surface area contributed by atoms with E-state index in [0.29, 0.717) is 5.69 Å². The SMILES string of the molecule is CCC.CCC.Cc1ccccc1.Cc1ccccc1.O=C1C=CC(=O)N1c1ccccc1. The summed E-state index contributed by atoms with van der Waals surface area (Å²) >= 11 is 0. The molecule has 0 saturated carbocycles. The van der Waals surface area contributed by atoms with E-state index >= 15 is 0 Å². The zero-order valence-electron chi connectivity index (χ0n) is 21.0. The van der Waals surface area contributed by atoms with Gasteiger partial charge in [0.2, 0.25) is 0 Å². The van der Waals surface area contributed by atoms with Gasteiger partial charge in [0, 0.05) is 12.2 Å². The van der Waals surface area contributed by atoms with Crippen LogP contribution in [0.4, 0.5) is 5.69 Å². The highest BCUT2D eigenvalue weighted by atomic mass is 16.2. The van der Waals surface area contributed by atoms with Crippen LogP contribution in [0.1, 0.15) is 51.7 Å². The van der Waals surface area contributed by atoms with E-state index in [0.717, 1.165) is 4.90 Å². The van der Waals surface area contributed by atoms with Gasteiger partial charge in [-0.25, -0.2) is 4.90 Å². The Kier molecular flexibility index (Phi) is 17.2. The summed E-state index contributed by atoms with van der Waals surface area (Å²) in [7, 11) is 0. The van der Waals surface area contributed by atoms with Crippen LogP contribution in [0, 0.1) is 13.8 Å². The molecule has 2 amide bonds. The van der Waals surface area contributed by atoms with Gasteiger partial charge in [-0.05, 0) is 26.0 Å². The van der Waals surface area contributed by atoms with E-state index in [2.05, 4.69) is 65.8 Å². The van der Waals surface area contributed by atoms with Crippen molar-refractivity contribution in [2.75, 3.05) is 4.90 Å². The minimum atomic E-state index is -0.281. The molecule has 0 bridgehead atoms. The molecule has 3 aromatic carbocycles. The minimum absolute atomic E-state index is 0.281. The number of nitrogens with zero attached hydrogens (tertiary/aromatic N) is 1. The Labute approximate surface area is 200 Å². The second-order valence-electron chi connectivity index (χ2n) is 7.40. The summed E-state index contributed by atoms with van der Waals surface area (Å²) in [4.78, 5) is 23.5. The first kappa shape index (κ1) is 29.5. The number of carbonyl (C=O) groups is 2. The Morgan fingerprint density at radius 1 is 0.515 bits per heavy atom. The molecule has 0 atom stereocenters. The maximum Gasteiger partial charge on any atom is 0.258 e. The zero-order valence-corrected chi connectivity index (χ0v) is 21.0. The molecule has 0 spiro atoms. The number of benzene rings is 3. The van der Waals surface area contributed by atoms with Crippen molar-refractivity contribution in [1.29, 1.82) is 0 Å². The molecule has 0 aliphatic carbocycles. The zero-order chi connectivity index (χ0) is 24.9. The fraction of sp³-hybridized carbons (Fsp3) is 0.267. The highest BCUT2D eigenvalue weighted by Crippen LogP contribution is 2.17. The van der Waals surface area contributed by atoms with E-state index in [1.54, 1.807) is 24.3 Å². The maximum absolute atomic E-state index is 11.2. The average molecular weight is 446 g/mol. The lowest BCUT2D eigenvalue weighted by atomic mass is 10.2. The third-order valence-electron chi connectivity index (χ3n) is 3.70. The van der Waals surface area contributed by atoms with E-state index in [9.17, 15) is 9.59 Å². The molecule has 3 heteroatoms. The lowest BCUT2D eigenvalue weighted by Gasteiger charge is -2.12. The maximum atomic E-state index is 11.2. The molecular formula is C30H39NO2. The first-order valence-electron chi connectivity index (χ1n) is 11.6. The number of rotatable bonds is 1. The quantitative estimate of drug-likeness (QED) is 0.357. The van der Waals surface area contributed by atoms with Crippen molar-refractivity contribution < 1.29 is 9.59 Å². The highest BCUT2D eigenvalue weighted by Gasteiger charge is 2.24. The molecule has 0 fully saturated rings. The van der Waals surface area contributed by atoms with Crippen molar-refractivity contribution >= 4 is 17.5 Å². The number of amides is 2. The van der Waals surface area contributed by atoms with Gasteiger partial charge >= 0.3 is 0 Å². The second-order valence-corrected chi connectivity index (χ2v) is 7.40. The summed E-state index contributed by atoms with van der Waals surface area (Å²) in [6.07, 6.45) is 5.05. The van der Waals surface area contributed by atoms with E-state index < -0.39 is 0 Å². The van der Waals surface area contributed by atoms with Crippen LogP contribution in [0.3, 0.4) is 0 Å². The molecule has 0 saturated heterocycles. The summed E-state index contributed by atoms with van der Waals surface area (Å²) in [6.45, 7) is 12.7. The van der Waals surface area contributed by atoms with Gasteiger partial charge in [0.1, 0.15) is 0 Å². The van der Waals surface area contributed by atoms with Crippen LogP contribution in [-0.4, -0.2) is 11.8 Å². The summed E-state index contributed by atoms with van der Waals surface area (Å²) in [6, 6.07) is 29.4. The molecule has 0 aromatic heterocycles. The van der Waals surface area contributed by atoms with Gasteiger partial charge in [-0.1, -0.05) is 131 Å². The van der Waals surface area contributed by atoms with Crippen LogP contribution in [-0.2, 0) is 9.59 Å². The molecule has 0 radical (unpaired) electrons. The smallest absolute Gasteiger partial charge is 0.258 e. The van der Waals surface area contributed by atoms with Crippen molar-refractivity contribution in [2.45, 2.75) is 54.4 Å². The van der Waals surface area contributed by atoms with Crippen LogP contribution in [0.5, 0.6) is 0 Å². The predicted molar refractivity (Wildman–Crippen MR) is 142 cm³/mol. The third-order valence-corrected chi connectivity index (χ3v) is 3.70. The topological polar surface area (TPSA) is 37.4 Å². The predicted octanol–water partition coefficient (Wildman–Crippen LogP) is 7.94. The number of carbonyl (C=O) groups excluding carboxylic acids is 2. The molecule has 1 heterocycles. The Morgan fingerprint density at radius 3 is 1.03 bits per heavy atom. The second kappa shape index (κ2) is 19.2. The van der Waals surface area contributed by atoms with Gasteiger partial charge < -0.3 is 0 Å². The van der Waals surface area contributed by atoms with Crippen LogP contribution in [0.25, 0.3) is 0 Å². The van der Waals surface area contributed by atoms with Crippen LogP contribution >= 0.6 is 0 Å². The van der Waals surface area contributed by atoms with Crippen LogP contribution < -0.4 is 4.90 Å². The van der Waals surface area contributed by atoms with Crippen LogP contribution in [0.2, 0.25) is 0 Å². The van der Waals surface area contributed by atoms with Gasteiger partial charge in [0.05, 0.1) is 5.69 Å². The minimum Gasteiger partial charge on any atom is -0.269 e. The Morgan fingerprint density at radius 2 is 0.788 bits per heavy atom. The van der Waals surface area contributed by atoms with Crippen molar-refractivity contribution in [2.24, 2.45) is 0 Å². The molecule has 4 rings (SSSR count). The number of para-hydroxylation sites is 1. The first-order chi connectivity index (χ1) is 15.9. The van der Waals surface area contributed by atoms with Crippen molar-refractivity contribution in [3.8, 4) is 0 Å². The summed E-state index contributed by atoms with van der Waals surface area (Å²) in [5, 5.41) is 0. The summed E-state index contributed by atoms with van der Waals surface area (Å²) < 4.78 is 0. The Bertz CT molecular complexity index is 846. The fourth-order valence-corrected chi connectivity index (χ4v) is 2.30. The number of anilines is 1. The standard InChI is InChI=1S/C10H7NO2.2C7H8.2C3H8/c12-9-6-7-10(13)11(9)8-4-2-1-3-5-8;2*1-7-5-3-2-4-6-7;2*1-3-2/h1-7H;2*2-6H,1H3;2*3H2,1-2H3. The molecule has 33 heavy (non-hydrogen) atoms. The third kappa shape index (κ3) is 14.3.